The standard InChI is InChI=1S/C24H18N2O7/c27-23(22-13-29-18-6-1-2-7-20(18)33-22)26-25-12-15-4-3-5-17(10-15)32-24(28)16-8-9-19-21(11-16)31-14-30-19/h1-12,22H,13-14H2,(H,26,27)/b25-12-/t22-/m0/s1. The van der Waals surface area contributed by atoms with Gasteiger partial charge in [-0.2, -0.15) is 5.10 Å². The number of amides is 1. The molecule has 9 nitrogen and oxygen atoms in total. The Hall–Kier alpha value is -4.53. The van der Waals surface area contributed by atoms with Crippen molar-refractivity contribution in [1.29, 1.82) is 0 Å². The molecule has 0 saturated carbocycles. The van der Waals surface area contributed by atoms with Gasteiger partial charge in [-0.25, -0.2) is 10.2 Å². The minimum absolute atomic E-state index is 0.0870. The van der Waals surface area contributed by atoms with Crippen molar-refractivity contribution in [2.24, 2.45) is 5.10 Å². The third-order valence-electron chi connectivity index (χ3n) is 4.87. The Kier molecular flexibility index (Phi) is 5.50. The van der Waals surface area contributed by atoms with Crippen molar-refractivity contribution in [3.8, 4) is 28.7 Å². The highest BCUT2D eigenvalue weighted by atomic mass is 16.7. The van der Waals surface area contributed by atoms with E-state index in [0.29, 0.717) is 39.9 Å². The monoisotopic (exact) mass is 446 g/mol. The molecule has 0 bridgehead atoms. The van der Waals surface area contributed by atoms with Gasteiger partial charge >= 0.3 is 5.97 Å². The molecule has 1 amide bonds. The summed E-state index contributed by atoms with van der Waals surface area (Å²) in [5.74, 6) is 1.53. The van der Waals surface area contributed by atoms with Gasteiger partial charge in [-0.15, -0.1) is 0 Å². The highest BCUT2D eigenvalue weighted by molar-refractivity contribution is 5.92. The quantitative estimate of drug-likeness (QED) is 0.278. The number of hydrazone groups is 1. The van der Waals surface area contributed by atoms with Crippen LogP contribution in [0.5, 0.6) is 28.7 Å². The molecule has 2 aliphatic rings. The van der Waals surface area contributed by atoms with E-state index < -0.39 is 18.0 Å². The summed E-state index contributed by atoms with van der Waals surface area (Å²) >= 11 is 0. The number of nitrogens with zero attached hydrogens (tertiary/aromatic N) is 1. The Morgan fingerprint density at radius 1 is 0.909 bits per heavy atom. The topological polar surface area (TPSA) is 105 Å². The van der Waals surface area contributed by atoms with Crippen molar-refractivity contribution >= 4 is 18.1 Å². The molecule has 0 spiro atoms. The van der Waals surface area contributed by atoms with Crippen LogP contribution in [0.4, 0.5) is 0 Å². The summed E-state index contributed by atoms with van der Waals surface area (Å²) < 4.78 is 27.1. The first kappa shape index (κ1) is 20.4. The van der Waals surface area contributed by atoms with Gasteiger partial charge < -0.3 is 23.7 Å². The molecule has 5 rings (SSSR count). The maximum atomic E-state index is 12.5. The lowest BCUT2D eigenvalue weighted by Crippen LogP contribution is -2.42. The predicted octanol–water partition coefficient (Wildman–Crippen LogP) is 2.92. The van der Waals surface area contributed by atoms with E-state index in [9.17, 15) is 9.59 Å². The van der Waals surface area contributed by atoms with Gasteiger partial charge in [0, 0.05) is 0 Å². The summed E-state index contributed by atoms with van der Waals surface area (Å²) in [7, 11) is 0. The lowest BCUT2D eigenvalue weighted by molar-refractivity contribution is -0.130. The molecule has 0 aromatic heterocycles. The second-order valence-electron chi connectivity index (χ2n) is 7.13. The normalized spacial score (nSPS) is 15.8. The molecule has 9 heteroatoms. The molecule has 2 aliphatic heterocycles. The molecule has 0 radical (unpaired) electrons. The Morgan fingerprint density at radius 3 is 2.64 bits per heavy atom. The lowest BCUT2D eigenvalue weighted by atomic mass is 10.2. The summed E-state index contributed by atoms with van der Waals surface area (Å²) in [5, 5.41) is 3.96. The number of hydrogen-bond acceptors (Lipinski definition) is 8. The van der Waals surface area contributed by atoms with Gasteiger partial charge in [0.05, 0.1) is 11.8 Å². The molecular weight excluding hydrogens is 428 g/mol. The van der Waals surface area contributed by atoms with Gasteiger partial charge in [0.1, 0.15) is 12.4 Å². The summed E-state index contributed by atoms with van der Waals surface area (Å²) in [6, 6.07) is 18.7. The van der Waals surface area contributed by atoms with Crippen molar-refractivity contribution in [2.75, 3.05) is 13.4 Å². The molecule has 3 aromatic carbocycles. The number of rotatable bonds is 5. The lowest BCUT2D eigenvalue weighted by Gasteiger charge is -2.24. The van der Waals surface area contributed by atoms with Crippen molar-refractivity contribution in [1.82, 2.24) is 5.43 Å². The molecule has 3 aromatic rings. The van der Waals surface area contributed by atoms with Crippen LogP contribution in [0.2, 0.25) is 0 Å². The van der Waals surface area contributed by atoms with Crippen LogP contribution in [0.25, 0.3) is 0 Å². The first-order chi connectivity index (χ1) is 16.2. The molecule has 166 valence electrons. The molecule has 2 heterocycles. The van der Waals surface area contributed by atoms with E-state index >= 15 is 0 Å². The Balaban J connectivity index is 1.18. The number of ether oxygens (including phenoxy) is 5. The maximum absolute atomic E-state index is 12.5. The first-order valence-corrected chi connectivity index (χ1v) is 10.1. The highest BCUT2D eigenvalue weighted by Gasteiger charge is 2.27. The van der Waals surface area contributed by atoms with Crippen LogP contribution in [-0.2, 0) is 4.79 Å². The Morgan fingerprint density at radius 2 is 1.73 bits per heavy atom. The van der Waals surface area contributed by atoms with E-state index in [1.54, 1.807) is 60.7 Å². The van der Waals surface area contributed by atoms with Gasteiger partial charge in [0.2, 0.25) is 12.9 Å². The van der Waals surface area contributed by atoms with Crippen LogP contribution < -0.4 is 29.1 Å². The third-order valence-corrected chi connectivity index (χ3v) is 4.87. The average Bonchev–Trinajstić information content (AvgIpc) is 3.32. The number of fused-ring (bicyclic) bond motifs is 2. The van der Waals surface area contributed by atoms with Crippen molar-refractivity contribution in [3.63, 3.8) is 0 Å². The number of carbonyl (C=O) groups excluding carboxylic acids is 2. The summed E-state index contributed by atoms with van der Waals surface area (Å²) in [4.78, 5) is 24.8. The van der Waals surface area contributed by atoms with Gasteiger partial charge in [-0.1, -0.05) is 24.3 Å². The second kappa shape index (κ2) is 8.91. The van der Waals surface area contributed by atoms with E-state index in [4.69, 9.17) is 23.7 Å². The molecule has 33 heavy (non-hydrogen) atoms. The largest absolute Gasteiger partial charge is 0.485 e. The maximum Gasteiger partial charge on any atom is 0.343 e. The van der Waals surface area contributed by atoms with Crippen LogP contribution in [0, 0.1) is 0 Å². The molecular formula is C24H18N2O7. The molecule has 1 N–H and O–H groups in total. The fourth-order valence-corrected chi connectivity index (χ4v) is 3.24. The summed E-state index contributed by atoms with van der Waals surface area (Å²) in [5.41, 5.74) is 3.39. The molecule has 0 aliphatic carbocycles. The van der Waals surface area contributed by atoms with Crippen LogP contribution >= 0.6 is 0 Å². The number of nitrogens with one attached hydrogen (secondary N) is 1. The number of hydrogen-bond donors (Lipinski definition) is 1. The minimum atomic E-state index is -0.814. The first-order valence-electron chi connectivity index (χ1n) is 10.1. The van der Waals surface area contributed by atoms with Crippen LogP contribution in [0.3, 0.4) is 0 Å². The number of para-hydroxylation sites is 2. The summed E-state index contributed by atoms with van der Waals surface area (Å²) in [6.45, 7) is 0.211. The van der Waals surface area contributed by atoms with Gasteiger partial charge in [0.25, 0.3) is 5.91 Å². The fraction of sp³-hybridized carbons (Fsp3) is 0.125. The van der Waals surface area contributed by atoms with Gasteiger partial charge in [-0.05, 0) is 48.0 Å². The van der Waals surface area contributed by atoms with E-state index in [1.807, 2.05) is 6.07 Å². The Bertz CT molecular complexity index is 1240. The minimum Gasteiger partial charge on any atom is -0.485 e. The summed E-state index contributed by atoms with van der Waals surface area (Å²) in [6.07, 6.45) is 0.624. The van der Waals surface area contributed by atoms with Crippen LogP contribution in [0.1, 0.15) is 15.9 Å². The molecule has 1 atom stereocenters. The van der Waals surface area contributed by atoms with E-state index in [-0.39, 0.29) is 13.4 Å². The predicted molar refractivity (Wildman–Crippen MR) is 116 cm³/mol. The molecule has 0 saturated heterocycles. The third kappa shape index (κ3) is 4.57. The zero-order valence-electron chi connectivity index (χ0n) is 17.2. The van der Waals surface area contributed by atoms with Crippen molar-refractivity contribution < 1.29 is 33.3 Å². The van der Waals surface area contributed by atoms with Crippen molar-refractivity contribution in [3.05, 3.63) is 77.9 Å². The van der Waals surface area contributed by atoms with Crippen molar-refractivity contribution in [2.45, 2.75) is 6.10 Å². The number of carbonyl (C=O) groups is 2. The zero-order valence-corrected chi connectivity index (χ0v) is 17.2. The number of benzene rings is 3. The fourth-order valence-electron chi connectivity index (χ4n) is 3.24. The van der Waals surface area contributed by atoms with Gasteiger partial charge in [-0.3, -0.25) is 4.79 Å². The second-order valence-corrected chi connectivity index (χ2v) is 7.13. The SMILES string of the molecule is O=C(Oc1cccc(/C=N\NC(=O)[C@@H]2COc3ccccc3O2)c1)c1ccc2c(c1)OCO2. The van der Waals surface area contributed by atoms with E-state index in [0.717, 1.165) is 0 Å². The highest BCUT2D eigenvalue weighted by Crippen LogP contribution is 2.33. The molecule has 0 fully saturated rings. The van der Waals surface area contributed by atoms with E-state index in [2.05, 4.69) is 10.5 Å². The van der Waals surface area contributed by atoms with Crippen LogP contribution in [0.15, 0.2) is 71.8 Å². The average molecular weight is 446 g/mol. The zero-order chi connectivity index (χ0) is 22.6. The smallest absolute Gasteiger partial charge is 0.343 e. The molecule has 0 unspecified atom stereocenters. The number of esters is 1. The Labute approximate surface area is 188 Å². The van der Waals surface area contributed by atoms with E-state index in [1.165, 1.54) is 6.21 Å². The van der Waals surface area contributed by atoms with Crippen LogP contribution in [-0.4, -0.2) is 37.6 Å². The van der Waals surface area contributed by atoms with Gasteiger partial charge in [0.15, 0.2) is 23.0 Å².